The van der Waals surface area contributed by atoms with Gasteiger partial charge in [0.15, 0.2) is 0 Å². The van der Waals surface area contributed by atoms with E-state index in [1.165, 1.54) is 0 Å². The Morgan fingerprint density at radius 2 is 1.74 bits per heavy atom. The minimum Gasteiger partial charge on any atom is -0.371 e. The molecule has 0 aliphatic carbocycles. The first kappa shape index (κ1) is 23.2. The Labute approximate surface area is 193 Å². The summed E-state index contributed by atoms with van der Waals surface area (Å²) in [6.45, 7) is 7.91. The molecule has 6 nitrogen and oxygen atoms in total. The summed E-state index contributed by atoms with van der Waals surface area (Å²) in [5, 5.41) is 9.26. The second kappa shape index (κ2) is 10.2. The van der Waals surface area contributed by atoms with Gasteiger partial charge in [0.05, 0.1) is 16.3 Å². The zero-order valence-electron chi connectivity index (χ0n) is 18.0. The second-order valence-corrected chi connectivity index (χ2v) is 9.08. The van der Waals surface area contributed by atoms with Crippen molar-refractivity contribution in [3.63, 3.8) is 0 Å². The minimum atomic E-state index is -0.459. The number of nitrogens with one attached hydrogen (secondary N) is 3. The lowest BCUT2D eigenvalue weighted by Crippen LogP contribution is -2.36. The van der Waals surface area contributed by atoms with Gasteiger partial charge >= 0.3 is 6.03 Å². The summed E-state index contributed by atoms with van der Waals surface area (Å²) in [6.07, 6.45) is 2.19. The first-order valence-electron chi connectivity index (χ1n) is 10.5. The minimum absolute atomic E-state index is 0.00804. The van der Waals surface area contributed by atoms with Crippen LogP contribution in [0.5, 0.6) is 0 Å². The maximum Gasteiger partial charge on any atom is 0.323 e. The Morgan fingerprint density at radius 3 is 2.39 bits per heavy atom. The fraction of sp³-hybridized carbons (Fsp3) is 0.391. The highest BCUT2D eigenvalue weighted by Gasteiger charge is 2.22. The average Bonchev–Trinajstić information content (AvgIpc) is 2.70. The molecule has 1 heterocycles. The van der Waals surface area contributed by atoms with E-state index in [1.54, 1.807) is 24.3 Å². The molecule has 0 unspecified atom stereocenters. The van der Waals surface area contributed by atoms with E-state index in [-0.39, 0.29) is 11.9 Å². The summed E-state index contributed by atoms with van der Waals surface area (Å²) in [7, 11) is 0. The summed E-state index contributed by atoms with van der Waals surface area (Å²) in [4.78, 5) is 27.6. The largest absolute Gasteiger partial charge is 0.371 e. The summed E-state index contributed by atoms with van der Waals surface area (Å²) >= 11 is 12.0. The molecule has 0 saturated carbocycles. The highest BCUT2D eigenvalue weighted by Crippen LogP contribution is 2.29. The Bertz CT molecular complexity index is 957. The van der Waals surface area contributed by atoms with Crippen molar-refractivity contribution in [3.8, 4) is 0 Å². The van der Waals surface area contributed by atoms with Crippen LogP contribution >= 0.6 is 23.2 Å². The quantitative estimate of drug-likeness (QED) is 0.508. The molecular weight excluding hydrogens is 435 g/mol. The first-order chi connectivity index (χ1) is 14.7. The van der Waals surface area contributed by atoms with E-state index in [1.807, 2.05) is 26.0 Å². The topological polar surface area (TPSA) is 73.5 Å². The van der Waals surface area contributed by atoms with Gasteiger partial charge in [-0.25, -0.2) is 4.79 Å². The lowest BCUT2D eigenvalue weighted by molar-refractivity contribution is 0.0943. The molecule has 8 heteroatoms. The van der Waals surface area contributed by atoms with E-state index in [0.717, 1.165) is 31.6 Å². The molecule has 3 amide bonds. The second-order valence-electron chi connectivity index (χ2n) is 8.23. The van der Waals surface area contributed by atoms with E-state index < -0.39 is 6.03 Å². The Kier molecular flexibility index (Phi) is 7.68. The third kappa shape index (κ3) is 6.28. The number of hydrogen-bond acceptors (Lipinski definition) is 3. The highest BCUT2D eigenvalue weighted by atomic mass is 35.5. The number of urea groups is 1. The summed E-state index contributed by atoms with van der Waals surface area (Å²) in [5.41, 5.74) is 2.40. The van der Waals surface area contributed by atoms with Gasteiger partial charge in [-0.1, -0.05) is 30.1 Å². The molecule has 166 valence electrons. The molecule has 0 atom stereocenters. The molecule has 1 aliphatic heterocycles. The number of halogens is 2. The normalized spacial score (nSPS) is 14.5. The smallest absolute Gasteiger partial charge is 0.323 e. The summed E-state index contributed by atoms with van der Waals surface area (Å²) in [6, 6.07) is 9.80. The fourth-order valence-corrected chi connectivity index (χ4v) is 3.99. The molecule has 1 saturated heterocycles. The van der Waals surface area contributed by atoms with Gasteiger partial charge in [0, 0.05) is 35.5 Å². The number of anilines is 3. The maximum absolute atomic E-state index is 12.9. The van der Waals surface area contributed by atoms with Gasteiger partial charge in [0.1, 0.15) is 0 Å². The molecule has 0 spiro atoms. The number of benzene rings is 2. The van der Waals surface area contributed by atoms with Crippen LogP contribution in [0.4, 0.5) is 21.9 Å². The zero-order chi connectivity index (χ0) is 22.5. The molecule has 31 heavy (non-hydrogen) atoms. The van der Waals surface area contributed by atoms with E-state index in [2.05, 4.69) is 27.8 Å². The van der Waals surface area contributed by atoms with Crippen LogP contribution in [0.25, 0.3) is 0 Å². The summed E-state index contributed by atoms with van der Waals surface area (Å²) < 4.78 is 0. The van der Waals surface area contributed by atoms with Crippen LogP contribution in [-0.4, -0.2) is 31.1 Å². The SMILES string of the molecule is CC1CCN(c2ccc(NC(=O)Nc3ccc(Cl)cc3Cl)cc2C(=O)NC(C)C)CC1. The molecule has 1 fully saturated rings. The summed E-state index contributed by atoms with van der Waals surface area (Å²) in [5.74, 6) is 0.530. The molecule has 3 N–H and O–H groups in total. The maximum atomic E-state index is 12.9. The molecule has 0 bridgehead atoms. The van der Waals surface area contributed by atoms with Crippen molar-refractivity contribution in [1.82, 2.24) is 5.32 Å². The monoisotopic (exact) mass is 462 g/mol. The van der Waals surface area contributed by atoms with Crippen molar-refractivity contribution in [2.24, 2.45) is 5.92 Å². The number of amides is 3. The van der Waals surface area contributed by atoms with Gasteiger partial charge in [0.25, 0.3) is 5.91 Å². The van der Waals surface area contributed by atoms with Crippen LogP contribution in [0.3, 0.4) is 0 Å². The van der Waals surface area contributed by atoms with E-state index in [0.29, 0.717) is 32.9 Å². The molecule has 3 rings (SSSR count). The van der Waals surface area contributed by atoms with Crippen molar-refractivity contribution in [3.05, 3.63) is 52.0 Å². The lowest BCUT2D eigenvalue weighted by Gasteiger charge is -2.33. The molecular formula is C23H28Cl2N4O2. The number of nitrogens with zero attached hydrogens (tertiary/aromatic N) is 1. The van der Waals surface area contributed by atoms with Gasteiger partial charge in [-0.3, -0.25) is 4.79 Å². The Hall–Kier alpha value is -2.44. The fourth-order valence-electron chi connectivity index (χ4n) is 3.54. The van der Waals surface area contributed by atoms with Crippen LogP contribution in [0, 0.1) is 5.92 Å². The van der Waals surface area contributed by atoms with Crippen molar-refractivity contribution in [2.75, 3.05) is 28.6 Å². The van der Waals surface area contributed by atoms with Gasteiger partial charge in [-0.15, -0.1) is 0 Å². The highest BCUT2D eigenvalue weighted by molar-refractivity contribution is 6.36. The van der Waals surface area contributed by atoms with Gasteiger partial charge in [0.2, 0.25) is 0 Å². The number of hydrogen-bond donors (Lipinski definition) is 3. The van der Waals surface area contributed by atoms with Crippen molar-refractivity contribution < 1.29 is 9.59 Å². The van der Waals surface area contributed by atoms with E-state index >= 15 is 0 Å². The van der Waals surface area contributed by atoms with Crippen LogP contribution in [-0.2, 0) is 0 Å². The predicted molar refractivity (Wildman–Crippen MR) is 129 cm³/mol. The first-order valence-corrected chi connectivity index (χ1v) is 11.2. The molecule has 0 aromatic heterocycles. The molecule has 2 aromatic carbocycles. The van der Waals surface area contributed by atoms with E-state index in [4.69, 9.17) is 23.2 Å². The third-order valence-electron chi connectivity index (χ3n) is 5.22. The predicted octanol–water partition coefficient (Wildman–Crippen LogP) is 6.01. The molecule has 0 radical (unpaired) electrons. The van der Waals surface area contributed by atoms with Crippen LogP contribution in [0.2, 0.25) is 10.0 Å². The Balaban J connectivity index is 1.80. The van der Waals surface area contributed by atoms with Gasteiger partial charge in [-0.05, 0) is 69.0 Å². The molecule has 1 aliphatic rings. The van der Waals surface area contributed by atoms with Gasteiger partial charge < -0.3 is 20.9 Å². The average molecular weight is 463 g/mol. The zero-order valence-corrected chi connectivity index (χ0v) is 19.5. The standard InChI is InChI=1S/C23H28Cl2N4O2/c1-14(2)26-22(30)18-13-17(5-7-21(18)29-10-8-15(3)9-11-29)27-23(31)28-20-6-4-16(24)12-19(20)25/h4-7,12-15H,8-11H2,1-3H3,(H,26,30)(H2,27,28,31). The number of rotatable bonds is 5. The van der Waals surface area contributed by atoms with Gasteiger partial charge in [-0.2, -0.15) is 0 Å². The third-order valence-corrected chi connectivity index (χ3v) is 5.77. The number of carbonyl (C=O) groups excluding carboxylic acids is 2. The van der Waals surface area contributed by atoms with Crippen LogP contribution < -0.4 is 20.9 Å². The number of piperidine rings is 1. The van der Waals surface area contributed by atoms with Crippen LogP contribution in [0.15, 0.2) is 36.4 Å². The lowest BCUT2D eigenvalue weighted by atomic mass is 9.97. The Morgan fingerprint density at radius 1 is 1.03 bits per heavy atom. The number of carbonyl (C=O) groups is 2. The van der Waals surface area contributed by atoms with Crippen molar-refractivity contribution in [1.29, 1.82) is 0 Å². The molecule has 2 aromatic rings. The van der Waals surface area contributed by atoms with Crippen LogP contribution in [0.1, 0.15) is 44.0 Å². The van der Waals surface area contributed by atoms with Crippen molar-refractivity contribution >= 4 is 52.2 Å². The van der Waals surface area contributed by atoms with E-state index in [9.17, 15) is 9.59 Å². The van der Waals surface area contributed by atoms with Crippen molar-refractivity contribution in [2.45, 2.75) is 39.7 Å².